The molecule has 0 radical (unpaired) electrons. The normalized spacial score (nSPS) is 16.0. The van der Waals surface area contributed by atoms with Gasteiger partial charge in [-0.25, -0.2) is 4.98 Å². The number of nitrogens with one attached hydrogen (secondary N) is 1. The van der Waals surface area contributed by atoms with E-state index < -0.39 is 0 Å². The van der Waals surface area contributed by atoms with Crippen molar-refractivity contribution in [3.63, 3.8) is 0 Å². The molecule has 1 fully saturated rings. The van der Waals surface area contributed by atoms with Gasteiger partial charge in [0.05, 0.1) is 27.8 Å². The molecule has 7 nitrogen and oxygen atoms in total. The van der Waals surface area contributed by atoms with Crippen molar-refractivity contribution in [3.8, 4) is 0 Å². The van der Waals surface area contributed by atoms with E-state index in [4.69, 9.17) is 16.3 Å². The van der Waals surface area contributed by atoms with Gasteiger partial charge in [0.2, 0.25) is 5.95 Å². The molecule has 1 aliphatic rings. The minimum absolute atomic E-state index is 0.392. The number of aromatic nitrogens is 5. The molecular weight excluding hydrogens is 328 g/mol. The molecule has 8 heteroatoms. The van der Waals surface area contributed by atoms with Crippen LogP contribution in [0.15, 0.2) is 18.6 Å². The summed E-state index contributed by atoms with van der Waals surface area (Å²) in [5, 5.41) is 9.40. The van der Waals surface area contributed by atoms with Crippen LogP contribution < -0.4 is 5.32 Å². The van der Waals surface area contributed by atoms with Crippen LogP contribution in [0.3, 0.4) is 0 Å². The van der Waals surface area contributed by atoms with Crippen molar-refractivity contribution in [2.75, 3.05) is 18.5 Å². The number of nitrogens with zero attached hydrogens (tertiary/aromatic N) is 5. The molecule has 3 aromatic heterocycles. The highest BCUT2D eigenvalue weighted by Gasteiger charge is 2.18. The lowest BCUT2D eigenvalue weighted by Crippen LogP contribution is -2.19. The molecule has 1 N–H and O–H groups in total. The Hall–Kier alpha value is -2.12. The van der Waals surface area contributed by atoms with Crippen LogP contribution in [-0.2, 0) is 11.8 Å². The summed E-state index contributed by atoms with van der Waals surface area (Å²) in [4.78, 5) is 8.92. The van der Waals surface area contributed by atoms with Gasteiger partial charge >= 0.3 is 0 Å². The van der Waals surface area contributed by atoms with E-state index in [1.54, 1.807) is 6.20 Å². The summed E-state index contributed by atoms with van der Waals surface area (Å²) in [6.45, 7) is 3.57. The number of halogens is 1. The first-order chi connectivity index (χ1) is 11.6. The number of rotatable bonds is 3. The largest absolute Gasteiger partial charge is 0.381 e. The van der Waals surface area contributed by atoms with Gasteiger partial charge in [-0.2, -0.15) is 10.1 Å². The van der Waals surface area contributed by atoms with Crippen LogP contribution in [0, 0.1) is 6.92 Å². The maximum absolute atomic E-state index is 6.16. The van der Waals surface area contributed by atoms with Crippen molar-refractivity contribution in [2.45, 2.75) is 25.8 Å². The zero-order valence-electron chi connectivity index (χ0n) is 13.7. The lowest BCUT2D eigenvalue weighted by molar-refractivity contribution is 0.0662. The molecule has 0 bridgehead atoms. The van der Waals surface area contributed by atoms with E-state index in [2.05, 4.69) is 20.4 Å². The quantitative estimate of drug-likeness (QED) is 0.788. The maximum atomic E-state index is 6.16. The Bertz CT molecular complexity index is 880. The van der Waals surface area contributed by atoms with Gasteiger partial charge in [0.15, 0.2) is 0 Å². The van der Waals surface area contributed by atoms with Gasteiger partial charge in [0.25, 0.3) is 0 Å². The third-order valence-corrected chi connectivity index (χ3v) is 4.70. The Kier molecular flexibility index (Phi) is 3.90. The maximum Gasteiger partial charge on any atom is 0.229 e. The Labute approximate surface area is 144 Å². The number of hydrogen-bond acceptors (Lipinski definition) is 5. The van der Waals surface area contributed by atoms with E-state index in [0.29, 0.717) is 17.0 Å². The molecule has 126 valence electrons. The van der Waals surface area contributed by atoms with Crippen LogP contribution in [0.4, 0.5) is 11.6 Å². The Morgan fingerprint density at radius 2 is 2.08 bits per heavy atom. The number of hydrogen-bond donors (Lipinski definition) is 1. The molecule has 4 heterocycles. The molecular formula is C16H19ClN6O. The predicted octanol–water partition coefficient (Wildman–Crippen LogP) is 3.22. The van der Waals surface area contributed by atoms with Gasteiger partial charge in [0.1, 0.15) is 5.65 Å². The molecule has 0 unspecified atom stereocenters. The second kappa shape index (κ2) is 6.07. The van der Waals surface area contributed by atoms with Gasteiger partial charge in [-0.1, -0.05) is 11.6 Å². The molecule has 0 amide bonds. The molecule has 4 rings (SSSR count). The first-order valence-corrected chi connectivity index (χ1v) is 8.37. The lowest BCUT2D eigenvalue weighted by Gasteiger charge is -2.22. The fourth-order valence-corrected chi connectivity index (χ4v) is 3.31. The zero-order chi connectivity index (χ0) is 16.7. The molecule has 0 aromatic carbocycles. The summed E-state index contributed by atoms with van der Waals surface area (Å²) >= 11 is 6.16. The first kappa shape index (κ1) is 15.4. The van der Waals surface area contributed by atoms with Gasteiger partial charge < -0.3 is 14.6 Å². The van der Waals surface area contributed by atoms with E-state index in [0.717, 1.165) is 48.5 Å². The van der Waals surface area contributed by atoms with Crippen LogP contribution in [0.5, 0.6) is 0 Å². The van der Waals surface area contributed by atoms with Crippen molar-refractivity contribution >= 4 is 34.3 Å². The highest BCUT2D eigenvalue weighted by molar-refractivity contribution is 6.35. The van der Waals surface area contributed by atoms with Crippen LogP contribution in [0.1, 0.15) is 24.6 Å². The topological polar surface area (TPSA) is 69.8 Å². The Balaban J connectivity index is 1.61. The highest BCUT2D eigenvalue weighted by Crippen LogP contribution is 2.27. The molecule has 0 aliphatic carbocycles. The molecule has 0 spiro atoms. The summed E-state index contributed by atoms with van der Waals surface area (Å²) in [6.07, 6.45) is 7.58. The number of aryl methyl sites for hydroxylation is 2. The van der Waals surface area contributed by atoms with Crippen molar-refractivity contribution in [1.82, 2.24) is 24.3 Å². The molecule has 1 saturated heterocycles. The van der Waals surface area contributed by atoms with Crippen LogP contribution in [0.25, 0.3) is 11.0 Å². The second-order valence-corrected chi connectivity index (χ2v) is 6.50. The van der Waals surface area contributed by atoms with Crippen molar-refractivity contribution < 1.29 is 4.74 Å². The van der Waals surface area contributed by atoms with E-state index in [-0.39, 0.29) is 0 Å². The van der Waals surface area contributed by atoms with E-state index in [1.807, 2.05) is 35.6 Å². The number of ether oxygens (including phenoxy) is 1. The van der Waals surface area contributed by atoms with Crippen LogP contribution >= 0.6 is 11.6 Å². The van der Waals surface area contributed by atoms with Gasteiger partial charge in [-0.3, -0.25) is 4.68 Å². The predicted molar refractivity (Wildman–Crippen MR) is 92.9 cm³/mol. The lowest BCUT2D eigenvalue weighted by atomic mass is 10.1. The molecule has 0 saturated carbocycles. The average molecular weight is 347 g/mol. The molecule has 1 aliphatic heterocycles. The SMILES string of the molecule is Cc1nn(C2CCOCC2)cc1Nc1ncc2c(Cl)cn(C)c2n1. The summed E-state index contributed by atoms with van der Waals surface area (Å²) < 4.78 is 9.34. The summed E-state index contributed by atoms with van der Waals surface area (Å²) in [5.41, 5.74) is 2.64. The van der Waals surface area contributed by atoms with Crippen molar-refractivity contribution in [1.29, 1.82) is 0 Å². The standard InChI is InChI=1S/C16H19ClN6O/c1-10-14(9-23(21-10)11-3-5-24-6-4-11)19-16-18-7-12-13(17)8-22(2)15(12)20-16/h7-9,11H,3-6H2,1-2H3,(H,18,19,20). The van der Waals surface area contributed by atoms with Crippen molar-refractivity contribution in [3.05, 3.63) is 29.3 Å². The van der Waals surface area contributed by atoms with Gasteiger partial charge in [-0.05, 0) is 19.8 Å². The van der Waals surface area contributed by atoms with E-state index in [1.165, 1.54) is 0 Å². The van der Waals surface area contributed by atoms with Crippen molar-refractivity contribution in [2.24, 2.45) is 7.05 Å². The summed E-state index contributed by atoms with van der Waals surface area (Å²) in [6, 6.07) is 0.392. The molecule has 0 atom stereocenters. The minimum Gasteiger partial charge on any atom is -0.381 e. The average Bonchev–Trinajstić information content (AvgIpc) is 3.09. The molecule has 24 heavy (non-hydrogen) atoms. The smallest absolute Gasteiger partial charge is 0.229 e. The Morgan fingerprint density at radius 1 is 1.29 bits per heavy atom. The number of anilines is 2. The minimum atomic E-state index is 0.392. The highest BCUT2D eigenvalue weighted by atomic mass is 35.5. The monoisotopic (exact) mass is 346 g/mol. The van der Waals surface area contributed by atoms with E-state index >= 15 is 0 Å². The Morgan fingerprint density at radius 3 is 2.88 bits per heavy atom. The first-order valence-electron chi connectivity index (χ1n) is 8.00. The fraction of sp³-hybridized carbons (Fsp3) is 0.438. The fourth-order valence-electron chi connectivity index (χ4n) is 3.03. The third kappa shape index (κ3) is 2.74. The van der Waals surface area contributed by atoms with Crippen LogP contribution in [0.2, 0.25) is 5.02 Å². The third-order valence-electron chi connectivity index (χ3n) is 4.40. The van der Waals surface area contributed by atoms with Gasteiger partial charge in [-0.15, -0.1) is 0 Å². The van der Waals surface area contributed by atoms with Gasteiger partial charge in [0, 0.05) is 38.9 Å². The molecule has 3 aromatic rings. The summed E-state index contributed by atoms with van der Waals surface area (Å²) in [5.74, 6) is 0.537. The zero-order valence-corrected chi connectivity index (χ0v) is 14.4. The summed E-state index contributed by atoms with van der Waals surface area (Å²) in [7, 11) is 1.92. The van der Waals surface area contributed by atoms with Crippen LogP contribution in [-0.4, -0.2) is 37.5 Å². The second-order valence-electron chi connectivity index (χ2n) is 6.10. The van der Waals surface area contributed by atoms with E-state index in [9.17, 15) is 0 Å². The number of fused-ring (bicyclic) bond motifs is 1.